The van der Waals surface area contributed by atoms with E-state index in [0.29, 0.717) is 5.41 Å². The van der Waals surface area contributed by atoms with Gasteiger partial charge in [0.25, 0.3) is 0 Å². The fourth-order valence-electron chi connectivity index (χ4n) is 3.17. The van der Waals surface area contributed by atoms with Crippen molar-refractivity contribution in [3.63, 3.8) is 0 Å². The van der Waals surface area contributed by atoms with Crippen LogP contribution < -0.4 is 10.6 Å². The summed E-state index contributed by atoms with van der Waals surface area (Å²) in [6.07, 6.45) is 7.45. The molecule has 1 atom stereocenters. The van der Waals surface area contributed by atoms with Crippen LogP contribution >= 0.6 is 0 Å². The number of likely N-dealkylation sites (tertiary alicyclic amines) is 1. The monoisotopic (exact) mass is 304 g/mol. The van der Waals surface area contributed by atoms with Gasteiger partial charge in [0.2, 0.25) is 0 Å². The molecule has 0 saturated carbocycles. The molecule has 3 heterocycles. The van der Waals surface area contributed by atoms with Gasteiger partial charge in [-0.2, -0.15) is 0 Å². The van der Waals surface area contributed by atoms with Gasteiger partial charge in [0.15, 0.2) is 5.96 Å². The van der Waals surface area contributed by atoms with E-state index in [1.165, 1.54) is 12.8 Å². The number of anilines is 1. The van der Waals surface area contributed by atoms with Crippen LogP contribution in [0.5, 0.6) is 0 Å². The lowest BCUT2D eigenvalue weighted by Gasteiger charge is -2.25. The first-order valence-electron chi connectivity index (χ1n) is 7.85. The Bertz CT molecular complexity index is 500. The first-order valence-corrected chi connectivity index (χ1v) is 7.85. The molecule has 2 N–H and O–H groups in total. The normalized spacial score (nSPS) is 25.0. The van der Waals surface area contributed by atoms with Crippen LogP contribution in [0, 0.1) is 5.41 Å². The van der Waals surface area contributed by atoms with Crippen molar-refractivity contribution in [3.05, 3.63) is 18.6 Å². The number of rotatable bonds is 4. The SMILES string of the molecule is CN=C(NCCNc1cnccn1)N1CCC2(CCOC2)C1. The Balaban J connectivity index is 1.43. The van der Waals surface area contributed by atoms with E-state index in [1.807, 2.05) is 7.05 Å². The lowest BCUT2D eigenvalue weighted by atomic mass is 9.87. The van der Waals surface area contributed by atoms with E-state index in [4.69, 9.17) is 4.74 Å². The molecule has 2 saturated heterocycles. The Morgan fingerprint density at radius 3 is 3.09 bits per heavy atom. The summed E-state index contributed by atoms with van der Waals surface area (Å²) in [5, 5.41) is 6.65. The van der Waals surface area contributed by atoms with Gasteiger partial charge in [0.1, 0.15) is 5.82 Å². The summed E-state index contributed by atoms with van der Waals surface area (Å²) in [6.45, 7) is 5.48. The Kier molecular flexibility index (Phi) is 4.72. The second kappa shape index (κ2) is 6.91. The van der Waals surface area contributed by atoms with E-state index in [2.05, 4.69) is 30.5 Å². The van der Waals surface area contributed by atoms with Gasteiger partial charge in [-0.3, -0.25) is 9.98 Å². The van der Waals surface area contributed by atoms with Crippen LogP contribution in [0.4, 0.5) is 5.82 Å². The molecule has 22 heavy (non-hydrogen) atoms. The summed E-state index contributed by atoms with van der Waals surface area (Å²) in [5.74, 6) is 1.77. The molecular formula is C15H24N6O. The average Bonchev–Trinajstić information content (AvgIpc) is 3.19. The van der Waals surface area contributed by atoms with Crippen LogP contribution in [-0.4, -0.2) is 67.3 Å². The predicted molar refractivity (Wildman–Crippen MR) is 85.9 cm³/mol. The summed E-state index contributed by atoms with van der Waals surface area (Å²) in [4.78, 5) is 15.0. The third-order valence-electron chi connectivity index (χ3n) is 4.41. The molecule has 1 spiro atoms. The van der Waals surface area contributed by atoms with Gasteiger partial charge >= 0.3 is 0 Å². The molecule has 1 aromatic heterocycles. The lowest BCUT2D eigenvalue weighted by molar-refractivity contribution is 0.156. The maximum Gasteiger partial charge on any atom is 0.193 e. The van der Waals surface area contributed by atoms with E-state index < -0.39 is 0 Å². The van der Waals surface area contributed by atoms with Gasteiger partial charge in [-0.15, -0.1) is 0 Å². The van der Waals surface area contributed by atoms with Gasteiger partial charge in [-0.25, -0.2) is 4.98 Å². The van der Waals surface area contributed by atoms with Crippen molar-refractivity contribution in [2.45, 2.75) is 12.8 Å². The second-order valence-corrected chi connectivity index (χ2v) is 5.97. The summed E-state index contributed by atoms with van der Waals surface area (Å²) < 4.78 is 5.58. The van der Waals surface area contributed by atoms with E-state index in [1.54, 1.807) is 18.6 Å². The van der Waals surface area contributed by atoms with Gasteiger partial charge in [0, 0.05) is 57.6 Å². The summed E-state index contributed by atoms with van der Waals surface area (Å²) in [7, 11) is 1.84. The Hall–Kier alpha value is -1.89. The molecule has 0 radical (unpaired) electrons. The Morgan fingerprint density at radius 2 is 2.36 bits per heavy atom. The molecule has 120 valence electrons. The molecular weight excluding hydrogens is 280 g/mol. The minimum Gasteiger partial charge on any atom is -0.381 e. The number of hydrogen-bond donors (Lipinski definition) is 2. The molecule has 2 aliphatic heterocycles. The minimum absolute atomic E-state index is 0.357. The van der Waals surface area contributed by atoms with Crippen molar-refractivity contribution >= 4 is 11.8 Å². The maximum absolute atomic E-state index is 5.58. The predicted octanol–water partition coefficient (Wildman–Crippen LogP) is 0.576. The fourth-order valence-corrected chi connectivity index (χ4v) is 3.17. The first-order chi connectivity index (χ1) is 10.8. The molecule has 2 fully saturated rings. The summed E-state index contributed by atoms with van der Waals surface area (Å²) in [6, 6.07) is 0. The zero-order valence-electron chi connectivity index (χ0n) is 13.1. The van der Waals surface area contributed by atoms with Crippen LogP contribution in [0.15, 0.2) is 23.6 Å². The highest BCUT2D eigenvalue weighted by atomic mass is 16.5. The molecule has 3 rings (SSSR count). The second-order valence-electron chi connectivity index (χ2n) is 5.97. The Labute approximate surface area is 131 Å². The van der Waals surface area contributed by atoms with Gasteiger partial charge < -0.3 is 20.3 Å². The number of hydrogen-bond acceptors (Lipinski definition) is 5. The summed E-state index contributed by atoms with van der Waals surface area (Å²) >= 11 is 0. The van der Waals surface area contributed by atoms with Crippen molar-refractivity contribution in [1.29, 1.82) is 0 Å². The van der Waals surface area contributed by atoms with Crippen molar-refractivity contribution in [3.8, 4) is 0 Å². The van der Waals surface area contributed by atoms with Crippen LogP contribution in [0.2, 0.25) is 0 Å². The average molecular weight is 304 g/mol. The zero-order valence-corrected chi connectivity index (χ0v) is 13.1. The Morgan fingerprint density at radius 1 is 1.41 bits per heavy atom. The largest absolute Gasteiger partial charge is 0.381 e. The molecule has 0 aliphatic carbocycles. The van der Waals surface area contributed by atoms with Crippen molar-refractivity contribution < 1.29 is 4.74 Å². The maximum atomic E-state index is 5.58. The number of nitrogens with one attached hydrogen (secondary N) is 2. The molecule has 0 aromatic carbocycles. The highest BCUT2D eigenvalue weighted by Gasteiger charge is 2.42. The van der Waals surface area contributed by atoms with Gasteiger partial charge in [-0.1, -0.05) is 0 Å². The number of aliphatic imine (C=N–C) groups is 1. The molecule has 7 heteroatoms. The molecule has 0 amide bonds. The zero-order chi connectivity index (χ0) is 15.3. The third kappa shape index (κ3) is 3.47. The molecule has 1 unspecified atom stereocenters. The number of ether oxygens (including phenoxy) is 1. The van der Waals surface area contributed by atoms with Crippen LogP contribution in [0.1, 0.15) is 12.8 Å². The number of aromatic nitrogens is 2. The van der Waals surface area contributed by atoms with Crippen molar-refractivity contribution in [2.75, 3.05) is 51.8 Å². The first kappa shape index (κ1) is 15.0. The van der Waals surface area contributed by atoms with Gasteiger partial charge in [0.05, 0.1) is 12.8 Å². The van der Waals surface area contributed by atoms with E-state index in [0.717, 1.165) is 51.2 Å². The number of nitrogens with zero attached hydrogens (tertiary/aromatic N) is 4. The smallest absolute Gasteiger partial charge is 0.193 e. The van der Waals surface area contributed by atoms with Gasteiger partial charge in [-0.05, 0) is 12.8 Å². The highest BCUT2D eigenvalue weighted by Crippen LogP contribution is 2.38. The van der Waals surface area contributed by atoms with E-state index >= 15 is 0 Å². The highest BCUT2D eigenvalue weighted by molar-refractivity contribution is 5.80. The summed E-state index contributed by atoms with van der Waals surface area (Å²) in [5.41, 5.74) is 0.357. The third-order valence-corrected chi connectivity index (χ3v) is 4.41. The molecule has 0 bridgehead atoms. The minimum atomic E-state index is 0.357. The number of guanidine groups is 1. The lowest BCUT2D eigenvalue weighted by Crippen LogP contribution is -2.43. The topological polar surface area (TPSA) is 74.7 Å². The standard InChI is InChI=1S/C15H24N6O/c1-16-14(20-7-6-19-13-10-17-4-5-18-13)21-8-2-15(11-21)3-9-22-12-15/h4-5,10H,2-3,6-9,11-12H2,1H3,(H,16,20)(H,18,19). The van der Waals surface area contributed by atoms with Crippen molar-refractivity contribution in [1.82, 2.24) is 20.2 Å². The molecule has 1 aromatic rings. The van der Waals surface area contributed by atoms with Crippen LogP contribution in [0.25, 0.3) is 0 Å². The van der Waals surface area contributed by atoms with Crippen molar-refractivity contribution in [2.24, 2.45) is 10.4 Å². The van der Waals surface area contributed by atoms with E-state index in [-0.39, 0.29) is 0 Å². The molecule has 2 aliphatic rings. The quantitative estimate of drug-likeness (QED) is 0.481. The van der Waals surface area contributed by atoms with Crippen LogP contribution in [0.3, 0.4) is 0 Å². The van der Waals surface area contributed by atoms with E-state index in [9.17, 15) is 0 Å². The van der Waals surface area contributed by atoms with Crippen LogP contribution in [-0.2, 0) is 4.74 Å². The fraction of sp³-hybridized carbons (Fsp3) is 0.667. The molecule has 7 nitrogen and oxygen atoms in total.